The number of benzene rings is 4. The van der Waals surface area contributed by atoms with Crippen molar-refractivity contribution in [3.05, 3.63) is 213 Å². The van der Waals surface area contributed by atoms with Crippen molar-refractivity contribution in [1.29, 1.82) is 0 Å². The molecule has 78 heavy (non-hydrogen) atoms. The van der Waals surface area contributed by atoms with Gasteiger partial charge in [0, 0.05) is 90.8 Å². The van der Waals surface area contributed by atoms with Crippen LogP contribution in [0.3, 0.4) is 0 Å². The molecule has 3 aromatic heterocycles. The van der Waals surface area contributed by atoms with E-state index in [1.807, 2.05) is 0 Å². The van der Waals surface area contributed by atoms with E-state index in [2.05, 4.69) is 19.9 Å². The summed E-state index contributed by atoms with van der Waals surface area (Å²) >= 11 is 53.9. The molecular weight excluding hydrogens is 1250 g/mol. The minimum Gasteiger partial charge on any atom is -0.651 e. The molecule has 34 heteroatoms. The Morgan fingerprint density at radius 3 is 0.846 bits per heavy atom. The smallest absolute Gasteiger partial charge is 0.651 e. The van der Waals surface area contributed by atoms with Crippen molar-refractivity contribution in [3.63, 3.8) is 0 Å². The molecule has 0 saturated heterocycles. The average molecular weight is 1270 g/mol. The SMILES string of the molecule is O=[N+]([O-])C1=C([N+](=O)[O-])c2nc1c(-c1c(Cl)cccc1Cl)c1cc([N+](=O)[O-])c([n-]1)c(-c1c(Cl)cccc1Cl)c1nc(c(-c3c(Cl)cccc3Cl)c3[n-]c(c2-c2c(Cl)cccc2Cl)c([N+](=O)[O-])c3[N+](=O)[O-])C([N+](=O)[O-])=C1[N+](=O)[O-].[Cu+2]. The summed E-state index contributed by atoms with van der Waals surface area (Å²) in [5, 5.41) is 91.1. The maximum Gasteiger partial charge on any atom is 2.00 e. The first-order valence-corrected chi connectivity index (χ1v) is 23.5. The Kier molecular flexibility index (Phi) is 15.3. The molecule has 0 aliphatic carbocycles. The average Bonchev–Trinajstić information content (AvgIpc) is 4.19. The second kappa shape index (κ2) is 21.2. The number of hydrogen-bond acceptors (Lipinski definition) is 16. The van der Waals surface area contributed by atoms with Gasteiger partial charge in [-0.2, -0.15) is 0 Å². The Bertz CT molecular complexity index is 4170. The van der Waals surface area contributed by atoms with E-state index in [-0.39, 0.29) is 17.1 Å². The summed E-state index contributed by atoms with van der Waals surface area (Å²) in [5.41, 5.74) is -28.0. The molecule has 4 aromatic carbocycles. The van der Waals surface area contributed by atoms with Gasteiger partial charge >= 0.3 is 51.2 Å². The third-order valence-electron chi connectivity index (χ3n) is 11.5. The summed E-state index contributed by atoms with van der Waals surface area (Å²) in [6.07, 6.45) is 0. The van der Waals surface area contributed by atoms with E-state index in [4.69, 9.17) is 92.8 Å². The first kappa shape index (κ1) is 56.3. The molecule has 0 N–H and O–H groups in total. The van der Waals surface area contributed by atoms with Crippen molar-refractivity contribution >= 4 is 155 Å². The first-order valence-electron chi connectivity index (χ1n) is 20.5. The first-order chi connectivity index (χ1) is 36.4. The normalized spacial score (nSPS) is 12.1. The Morgan fingerprint density at radius 1 is 0.333 bits per heavy atom. The van der Waals surface area contributed by atoms with Crippen molar-refractivity contribution in [2.75, 3.05) is 0 Å². The molecule has 395 valence electrons. The molecule has 0 atom stereocenters. The molecule has 8 bridgehead atoms. The Labute approximate surface area is 480 Å². The van der Waals surface area contributed by atoms with Gasteiger partial charge in [-0.1, -0.05) is 117 Å². The molecule has 25 nitrogen and oxygen atoms in total. The molecule has 0 amide bonds. The fourth-order valence-electron chi connectivity index (χ4n) is 8.63. The van der Waals surface area contributed by atoms with E-state index in [9.17, 15) is 70.8 Å². The number of halogens is 8. The van der Waals surface area contributed by atoms with Gasteiger partial charge in [0.25, 0.3) is 5.69 Å². The van der Waals surface area contributed by atoms with Gasteiger partial charge in [0.15, 0.2) is 22.8 Å². The van der Waals surface area contributed by atoms with Gasteiger partial charge in [-0.3, -0.25) is 70.8 Å². The zero-order valence-electron chi connectivity index (χ0n) is 37.0. The van der Waals surface area contributed by atoms with E-state index >= 15 is 0 Å². The molecular formula is C44H13Cl8CuN11O14. The molecule has 1 radical (unpaired) electrons. The number of nitrogens with zero attached hydrogens (tertiary/aromatic N) is 11. The fourth-order valence-corrected chi connectivity index (χ4v) is 11.0. The maximum absolute atomic E-state index is 13.7. The van der Waals surface area contributed by atoms with Crippen LogP contribution < -0.4 is 9.97 Å². The van der Waals surface area contributed by atoms with Crippen molar-refractivity contribution in [1.82, 2.24) is 19.9 Å². The van der Waals surface area contributed by atoms with Gasteiger partial charge in [-0.05, 0) is 65.1 Å². The third kappa shape index (κ3) is 9.05. The predicted molar refractivity (Wildman–Crippen MR) is 282 cm³/mol. The largest absolute Gasteiger partial charge is 2.00 e. The van der Waals surface area contributed by atoms with Crippen LogP contribution in [0.2, 0.25) is 40.2 Å². The van der Waals surface area contributed by atoms with Crippen molar-refractivity contribution in [2.45, 2.75) is 0 Å². The fraction of sp³-hybridized carbons (Fsp3) is 0. The molecule has 0 fully saturated rings. The van der Waals surface area contributed by atoms with Gasteiger partial charge in [0.2, 0.25) is 0 Å². The topological polar surface area (TPSA) is 356 Å². The molecule has 0 saturated carbocycles. The zero-order chi connectivity index (χ0) is 56.0. The van der Waals surface area contributed by atoms with Gasteiger partial charge in [0.05, 0.1) is 34.5 Å². The molecule has 9 rings (SSSR count). The summed E-state index contributed by atoms with van der Waals surface area (Å²) in [5.74, 6) is 0. The second-order valence-corrected chi connectivity index (χ2v) is 18.8. The predicted octanol–water partition coefficient (Wildman–Crippen LogP) is 13.9. The van der Waals surface area contributed by atoms with E-state index < -0.39 is 204 Å². The maximum atomic E-state index is 13.7. The standard InChI is InChI=1S/C44H13Cl8N11O14.Cu/c45-14-5-1-6-15(46)24(14)28-22-13-23(57(64)65)32(53-22)29(25-16(47)7-2-8-17(25)48)34-40(59(68)69)42(61(72)73)36(55-34)31(27-20(51)11-4-12-21(27)52)38-44(63(76)77)43(62(74)75)37(56-38)30(26-18(49)9-3-10-19(26)50)35-41(60(70)71)39(58(66)67)33(28)54-35;/h1-13H;/q-2;+2. The van der Waals surface area contributed by atoms with Crippen LogP contribution in [0.15, 0.2) is 78.9 Å². The molecule has 5 heterocycles. The van der Waals surface area contributed by atoms with E-state index in [1.165, 1.54) is 24.3 Å². The monoisotopic (exact) mass is 1260 g/mol. The van der Waals surface area contributed by atoms with E-state index in [1.54, 1.807) is 0 Å². The minimum atomic E-state index is -1.75. The van der Waals surface area contributed by atoms with Crippen molar-refractivity contribution in [3.8, 4) is 44.5 Å². The minimum absolute atomic E-state index is 0. The van der Waals surface area contributed by atoms with Crippen LogP contribution in [0.1, 0.15) is 22.8 Å². The molecule has 2 aliphatic heterocycles. The Hall–Kier alpha value is -7.88. The van der Waals surface area contributed by atoms with Crippen LogP contribution >= 0.6 is 92.8 Å². The van der Waals surface area contributed by atoms with Crippen molar-refractivity contribution < 1.29 is 51.5 Å². The van der Waals surface area contributed by atoms with E-state index in [0.29, 0.717) is 6.07 Å². The number of rotatable bonds is 11. The summed E-state index contributed by atoms with van der Waals surface area (Å²) in [4.78, 5) is 103. The van der Waals surface area contributed by atoms with Crippen LogP contribution in [-0.4, -0.2) is 44.4 Å². The summed E-state index contributed by atoms with van der Waals surface area (Å²) in [6.45, 7) is 0. The zero-order valence-corrected chi connectivity index (χ0v) is 44.0. The molecule has 7 aromatic rings. The third-order valence-corrected chi connectivity index (χ3v) is 14.0. The van der Waals surface area contributed by atoms with Crippen LogP contribution in [0.4, 0.5) is 17.1 Å². The van der Waals surface area contributed by atoms with Gasteiger partial charge in [-0.25, -0.2) is 9.97 Å². The molecule has 0 spiro atoms. The quantitative estimate of drug-likeness (QED) is 0.0659. The van der Waals surface area contributed by atoms with Gasteiger partial charge in [0.1, 0.15) is 0 Å². The second-order valence-electron chi connectivity index (χ2n) is 15.6. The number of aromatic nitrogens is 4. The van der Waals surface area contributed by atoms with Gasteiger partial charge in [-0.15, -0.1) is 5.52 Å². The molecule has 2 aliphatic rings. The number of fused-ring (bicyclic) bond motifs is 8. The summed E-state index contributed by atoms with van der Waals surface area (Å²) < 4.78 is 0. The van der Waals surface area contributed by atoms with Crippen molar-refractivity contribution in [2.24, 2.45) is 0 Å². The van der Waals surface area contributed by atoms with E-state index in [0.717, 1.165) is 48.5 Å². The van der Waals surface area contributed by atoms with Crippen LogP contribution in [0.5, 0.6) is 0 Å². The number of hydrogen-bond donors (Lipinski definition) is 0. The number of nitro groups is 7. The summed E-state index contributed by atoms with van der Waals surface area (Å²) in [6, 6.07) is 14.3. The van der Waals surface area contributed by atoms with Crippen LogP contribution in [0, 0.1) is 70.8 Å². The molecule has 0 unspecified atom stereocenters. The summed E-state index contributed by atoms with van der Waals surface area (Å²) in [7, 11) is 0. The Balaban J connectivity index is 0.00000803. The van der Waals surface area contributed by atoms with Crippen LogP contribution in [0.25, 0.3) is 89.4 Å². The van der Waals surface area contributed by atoms with Gasteiger partial charge < -0.3 is 9.97 Å². The van der Waals surface area contributed by atoms with Crippen LogP contribution in [-0.2, 0) is 17.1 Å². The Morgan fingerprint density at radius 2 is 0.590 bits per heavy atom.